The van der Waals surface area contributed by atoms with E-state index in [1.807, 2.05) is 4.90 Å². The number of aromatic nitrogens is 2. The Hall–Kier alpha value is -2.35. The molecule has 24 heavy (non-hydrogen) atoms. The van der Waals surface area contributed by atoms with E-state index < -0.39 is 11.7 Å². The van der Waals surface area contributed by atoms with E-state index in [4.69, 9.17) is 4.74 Å². The normalized spacial score (nSPS) is 14.7. The highest BCUT2D eigenvalue weighted by atomic mass is 19.4. The maximum atomic E-state index is 12.5. The molecule has 2 heterocycles. The van der Waals surface area contributed by atoms with E-state index in [0.29, 0.717) is 43.4 Å². The number of rotatable bonds is 4. The van der Waals surface area contributed by atoms with E-state index in [-0.39, 0.29) is 5.56 Å². The summed E-state index contributed by atoms with van der Waals surface area (Å²) in [7, 11) is 0. The number of alkyl halides is 3. The van der Waals surface area contributed by atoms with Crippen molar-refractivity contribution in [3.8, 4) is 5.75 Å². The Labute approximate surface area is 136 Å². The third kappa shape index (κ3) is 3.59. The van der Waals surface area contributed by atoms with E-state index in [1.165, 1.54) is 12.1 Å². The minimum Gasteiger partial charge on any atom is -0.492 e. The molecule has 1 N–H and O–H groups in total. The summed E-state index contributed by atoms with van der Waals surface area (Å²) in [6.45, 7) is 3.66. The zero-order valence-corrected chi connectivity index (χ0v) is 13.0. The topological polar surface area (TPSA) is 58.2 Å². The predicted octanol–water partition coefficient (Wildman–Crippen LogP) is 2.49. The Kier molecular flexibility index (Phi) is 4.31. The van der Waals surface area contributed by atoms with Gasteiger partial charge in [0.2, 0.25) is 0 Å². The van der Waals surface area contributed by atoms with E-state index in [2.05, 4.69) is 9.97 Å². The monoisotopic (exact) mass is 339 g/mol. The van der Waals surface area contributed by atoms with Crippen molar-refractivity contribution in [3.05, 3.63) is 57.3 Å². The van der Waals surface area contributed by atoms with Crippen molar-refractivity contribution >= 4 is 0 Å². The first-order valence-corrected chi connectivity index (χ1v) is 7.44. The minimum atomic E-state index is -4.35. The molecule has 2 aromatic rings. The van der Waals surface area contributed by atoms with Gasteiger partial charge in [-0.05, 0) is 31.2 Å². The molecule has 0 aliphatic carbocycles. The smallest absolute Gasteiger partial charge is 0.416 e. The van der Waals surface area contributed by atoms with Crippen molar-refractivity contribution < 1.29 is 17.9 Å². The number of hydrogen-bond acceptors (Lipinski definition) is 4. The maximum absolute atomic E-state index is 12.5. The van der Waals surface area contributed by atoms with Crippen molar-refractivity contribution in [1.82, 2.24) is 14.9 Å². The summed E-state index contributed by atoms with van der Waals surface area (Å²) in [5.74, 6) is 0.966. The number of hydrogen-bond donors (Lipinski definition) is 1. The lowest BCUT2D eigenvalue weighted by atomic mass is 10.2. The number of H-pyrrole nitrogens is 1. The second-order valence-electron chi connectivity index (χ2n) is 5.66. The van der Waals surface area contributed by atoms with Gasteiger partial charge in [-0.25, -0.2) is 4.98 Å². The van der Waals surface area contributed by atoms with Crippen LogP contribution in [0.2, 0.25) is 0 Å². The molecule has 128 valence electrons. The molecule has 0 amide bonds. The lowest BCUT2D eigenvalue weighted by Gasteiger charge is -2.15. The molecular weight excluding hydrogens is 323 g/mol. The van der Waals surface area contributed by atoms with Gasteiger partial charge < -0.3 is 9.72 Å². The van der Waals surface area contributed by atoms with Crippen LogP contribution in [0.5, 0.6) is 5.75 Å². The summed E-state index contributed by atoms with van der Waals surface area (Å²) in [4.78, 5) is 20.8. The van der Waals surface area contributed by atoms with E-state index >= 15 is 0 Å². The first kappa shape index (κ1) is 16.5. The SMILES string of the molecule is Cc1nc2c(c(=O)[nH]1)CN(CCOc1ccc(C(F)(F)F)cc1)C2. The molecule has 0 unspecified atom stereocenters. The molecule has 0 bridgehead atoms. The molecule has 1 aliphatic heterocycles. The molecule has 0 saturated heterocycles. The number of halogens is 3. The number of ether oxygens (including phenoxy) is 1. The van der Waals surface area contributed by atoms with Gasteiger partial charge in [0.25, 0.3) is 5.56 Å². The van der Waals surface area contributed by atoms with Crippen molar-refractivity contribution in [2.45, 2.75) is 26.2 Å². The number of fused-ring (bicyclic) bond motifs is 1. The van der Waals surface area contributed by atoms with Crippen LogP contribution in [-0.4, -0.2) is 28.0 Å². The van der Waals surface area contributed by atoms with Gasteiger partial charge in [0, 0.05) is 19.6 Å². The molecule has 5 nitrogen and oxygen atoms in total. The first-order valence-electron chi connectivity index (χ1n) is 7.44. The van der Waals surface area contributed by atoms with Crippen LogP contribution in [0, 0.1) is 6.92 Å². The van der Waals surface area contributed by atoms with Gasteiger partial charge in [-0.1, -0.05) is 0 Å². The van der Waals surface area contributed by atoms with Crippen LogP contribution in [0.15, 0.2) is 29.1 Å². The molecule has 0 spiro atoms. The number of nitrogens with zero attached hydrogens (tertiary/aromatic N) is 2. The molecule has 1 aromatic carbocycles. The highest BCUT2D eigenvalue weighted by Gasteiger charge is 2.30. The second-order valence-corrected chi connectivity index (χ2v) is 5.66. The maximum Gasteiger partial charge on any atom is 0.416 e. The minimum absolute atomic E-state index is 0.122. The molecule has 0 fully saturated rings. The van der Waals surface area contributed by atoms with Gasteiger partial charge in [-0.2, -0.15) is 13.2 Å². The lowest BCUT2D eigenvalue weighted by molar-refractivity contribution is -0.137. The fourth-order valence-corrected chi connectivity index (χ4v) is 2.64. The Morgan fingerprint density at radius 1 is 1.25 bits per heavy atom. The largest absolute Gasteiger partial charge is 0.492 e. The Bertz CT molecular complexity index is 785. The van der Waals surface area contributed by atoms with Gasteiger partial charge in [-0.3, -0.25) is 9.69 Å². The van der Waals surface area contributed by atoms with Crippen LogP contribution in [0.3, 0.4) is 0 Å². The second kappa shape index (κ2) is 6.27. The number of benzene rings is 1. The fraction of sp³-hybridized carbons (Fsp3) is 0.375. The van der Waals surface area contributed by atoms with Gasteiger partial charge in [-0.15, -0.1) is 0 Å². The summed E-state index contributed by atoms with van der Waals surface area (Å²) in [6, 6.07) is 4.59. The Morgan fingerprint density at radius 3 is 2.62 bits per heavy atom. The van der Waals surface area contributed by atoms with E-state index in [0.717, 1.165) is 17.8 Å². The van der Waals surface area contributed by atoms with Crippen molar-refractivity contribution in [3.63, 3.8) is 0 Å². The van der Waals surface area contributed by atoms with Crippen LogP contribution in [-0.2, 0) is 19.3 Å². The van der Waals surface area contributed by atoms with E-state index in [1.54, 1.807) is 6.92 Å². The third-order valence-corrected chi connectivity index (χ3v) is 3.83. The van der Waals surface area contributed by atoms with Crippen LogP contribution in [0.1, 0.15) is 22.6 Å². The molecular formula is C16H16F3N3O2. The number of aromatic amines is 1. The Balaban J connectivity index is 1.53. The number of aryl methyl sites for hydroxylation is 1. The molecule has 0 saturated carbocycles. The van der Waals surface area contributed by atoms with Crippen molar-refractivity contribution in [1.29, 1.82) is 0 Å². The standard InChI is InChI=1S/C16H16F3N3O2/c1-10-20-14-9-22(8-13(14)15(23)21-10)6-7-24-12-4-2-11(3-5-12)16(17,18)19/h2-5H,6-9H2,1H3,(H,20,21,23). The van der Waals surface area contributed by atoms with Crippen LogP contribution >= 0.6 is 0 Å². The third-order valence-electron chi connectivity index (χ3n) is 3.83. The molecule has 0 atom stereocenters. The van der Waals surface area contributed by atoms with Gasteiger partial charge in [0.1, 0.15) is 18.2 Å². The summed E-state index contributed by atoms with van der Waals surface area (Å²) < 4.78 is 42.9. The average molecular weight is 339 g/mol. The molecule has 1 aliphatic rings. The van der Waals surface area contributed by atoms with Crippen LogP contribution in [0.4, 0.5) is 13.2 Å². The van der Waals surface area contributed by atoms with Gasteiger partial charge in [0.15, 0.2) is 0 Å². The molecule has 0 radical (unpaired) electrons. The average Bonchev–Trinajstić information content (AvgIpc) is 2.90. The summed E-state index contributed by atoms with van der Waals surface area (Å²) in [6.07, 6.45) is -4.35. The fourth-order valence-electron chi connectivity index (χ4n) is 2.64. The van der Waals surface area contributed by atoms with Crippen LogP contribution in [0.25, 0.3) is 0 Å². The van der Waals surface area contributed by atoms with E-state index in [9.17, 15) is 18.0 Å². The molecule has 3 rings (SSSR count). The van der Waals surface area contributed by atoms with Crippen LogP contribution < -0.4 is 10.3 Å². The molecule has 1 aromatic heterocycles. The highest BCUT2D eigenvalue weighted by Crippen LogP contribution is 2.30. The van der Waals surface area contributed by atoms with Crippen molar-refractivity contribution in [2.24, 2.45) is 0 Å². The number of nitrogens with one attached hydrogen (secondary N) is 1. The lowest BCUT2D eigenvalue weighted by Crippen LogP contribution is -2.24. The first-order chi connectivity index (χ1) is 11.3. The quantitative estimate of drug-likeness (QED) is 0.930. The summed E-state index contributed by atoms with van der Waals surface area (Å²) >= 11 is 0. The van der Waals surface area contributed by atoms with Gasteiger partial charge >= 0.3 is 6.18 Å². The molecule has 8 heteroatoms. The summed E-state index contributed by atoms with van der Waals surface area (Å²) in [5.41, 5.74) is 0.607. The zero-order chi connectivity index (χ0) is 17.3. The zero-order valence-electron chi connectivity index (χ0n) is 13.0. The highest BCUT2D eigenvalue weighted by molar-refractivity contribution is 5.29. The van der Waals surface area contributed by atoms with Crippen molar-refractivity contribution in [2.75, 3.05) is 13.2 Å². The Morgan fingerprint density at radius 2 is 1.96 bits per heavy atom. The predicted molar refractivity (Wildman–Crippen MR) is 80.6 cm³/mol. The van der Waals surface area contributed by atoms with Gasteiger partial charge in [0.05, 0.1) is 16.8 Å². The summed E-state index contributed by atoms with van der Waals surface area (Å²) in [5, 5.41) is 0.